The predicted molar refractivity (Wildman–Crippen MR) is 67.6 cm³/mol. The lowest BCUT2D eigenvalue weighted by molar-refractivity contribution is -0.0499. The molecule has 2 nitrogen and oxygen atoms in total. The van der Waals surface area contributed by atoms with Gasteiger partial charge in [0.25, 0.3) is 0 Å². The Morgan fingerprint density at radius 1 is 1.53 bits per heavy atom. The van der Waals surface area contributed by atoms with E-state index < -0.39 is 6.61 Å². The number of hydrogen-bond acceptors (Lipinski definition) is 2. The predicted octanol–water partition coefficient (Wildman–Crippen LogP) is 3.85. The van der Waals surface area contributed by atoms with Gasteiger partial charge in [0.2, 0.25) is 0 Å². The van der Waals surface area contributed by atoms with E-state index >= 15 is 0 Å². The number of halogens is 3. The first kappa shape index (κ1) is 14.1. The summed E-state index contributed by atoms with van der Waals surface area (Å²) >= 11 is 3.24. The molecule has 1 N–H and O–H groups in total. The lowest BCUT2D eigenvalue weighted by atomic mass is 10.1. The second-order valence-electron chi connectivity index (χ2n) is 3.57. The first-order valence-corrected chi connectivity index (χ1v) is 5.89. The van der Waals surface area contributed by atoms with Crippen LogP contribution in [0.15, 0.2) is 35.3 Å². The minimum absolute atomic E-state index is 0.0329. The van der Waals surface area contributed by atoms with Gasteiger partial charge in [-0.15, -0.1) is 0 Å². The molecule has 1 unspecified atom stereocenters. The first-order chi connectivity index (χ1) is 7.99. The molecular formula is C12H14BrF2NO. The van der Waals surface area contributed by atoms with Crippen molar-refractivity contribution in [3.63, 3.8) is 0 Å². The third kappa shape index (κ3) is 5.28. The molecule has 0 saturated heterocycles. The Kier molecular flexibility index (Phi) is 5.58. The molecule has 0 bridgehead atoms. The van der Waals surface area contributed by atoms with E-state index in [1.807, 2.05) is 13.0 Å². The van der Waals surface area contributed by atoms with Gasteiger partial charge in [-0.2, -0.15) is 8.78 Å². The zero-order valence-electron chi connectivity index (χ0n) is 9.42. The van der Waals surface area contributed by atoms with E-state index in [9.17, 15) is 8.78 Å². The summed E-state index contributed by atoms with van der Waals surface area (Å²) in [6, 6.07) is 6.68. The molecule has 0 aromatic heterocycles. The van der Waals surface area contributed by atoms with Gasteiger partial charge < -0.3 is 10.1 Å². The minimum Gasteiger partial charge on any atom is -0.435 e. The highest BCUT2D eigenvalue weighted by Gasteiger charge is 2.08. The second-order valence-corrected chi connectivity index (χ2v) is 4.69. The molecule has 17 heavy (non-hydrogen) atoms. The average molecular weight is 306 g/mol. The Morgan fingerprint density at radius 3 is 2.82 bits per heavy atom. The van der Waals surface area contributed by atoms with E-state index in [1.54, 1.807) is 12.1 Å². The molecule has 0 fully saturated rings. The molecule has 5 heteroatoms. The molecule has 0 aliphatic rings. The van der Waals surface area contributed by atoms with Crippen molar-refractivity contribution in [2.24, 2.45) is 0 Å². The lowest BCUT2D eigenvalue weighted by Gasteiger charge is -2.15. The van der Waals surface area contributed by atoms with Crippen molar-refractivity contribution in [1.82, 2.24) is 5.32 Å². The van der Waals surface area contributed by atoms with E-state index in [-0.39, 0.29) is 11.8 Å². The van der Waals surface area contributed by atoms with Gasteiger partial charge in [0.15, 0.2) is 0 Å². The molecule has 0 spiro atoms. The van der Waals surface area contributed by atoms with Crippen LogP contribution in [0.5, 0.6) is 5.75 Å². The maximum Gasteiger partial charge on any atom is 0.387 e. The van der Waals surface area contributed by atoms with Gasteiger partial charge in [-0.1, -0.05) is 34.6 Å². The van der Waals surface area contributed by atoms with E-state index in [0.717, 1.165) is 10.0 Å². The summed E-state index contributed by atoms with van der Waals surface area (Å²) in [7, 11) is 0. The van der Waals surface area contributed by atoms with Crippen LogP contribution in [0.2, 0.25) is 0 Å². The topological polar surface area (TPSA) is 21.3 Å². The van der Waals surface area contributed by atoms with Crippen LogP contribution in [-0.4, -0.2) is 13.2 Å². The zero-order chi connectivity index (χ0) is 12.8. The minimum atomic E-state index is -2.80. The largest absolute Gasteiger partial charge is 0.435 e. The van der Waals surface area contributed by atoms with Gasteiger partial charge >= 0.3 is 6.61 Å². The van der Waals surface area contributed by atoms with Gasteiger partial charge in [-0.05, 0) is 24.6 Å². The summed E-state index contributed by atoms with van der Waals surface area (Å²) < 4.78 is 29.3. The molecule has 0 amide bonds. The first-order valence-electron chi connectivity index (χ1n) is 5.10. The number of nitrogens with one attached hydrogen (secondary N) is 1. The fraction of sp³-hybridized carbons (Fsp3) is 0.333. The van der Waals surface area contributed by atoms with Gasteiger partial charge in [-0.25, -0.2) is 0 Å². The quantitative estimate of drug-likeness (QED) is 0.862. The van der Waals surface area contributed by atoms with Crippen LogP contribution in [0.4, 0.5) is 8.78 Å². The second kappa shape index (κ2) is 6.71. The van der Waals surface area contributed by atoms with Gasteiger partial charge in [-0.3, -0.25) is 0 Å². The summed E-state index contributed by atoms with van der Waals surface area (Å²) in [4.78, 5) is 0. The van der Waals surface area contributed by atoms with Crippen LogP contribution in [0.3, 0.4) is 0 Å². The maximum atomic E-state index is 12.1. The zero-order valence-corrected chi connectivity index (χ0v) is 11.0. The van der Waals surface area contributed by atoms with Crippen LogP contribution in [0, 0.1) is 0 Å². The summed E-state index contributed by atoms with van der Waals surface area (Å²) in [5.41, 5.74) is 0.886. The van der Waals surface area contributed by atoms with Crippen LogP contribution in [0.1, 0.15) is 18.5 Å². The normalized spacial score (nSPS) is 12.5. The number of benzene rings is 1. The van der Waals surface area contributed by atoms with Crippen LogP contribution in [-0.2, 0) is 0 Å². The fourth-order valence-electron chi connectivity index (χ4n) is 1.34. The van der Waals surface area contributed by atoms with Crippen LogP contribution < -0.4 is 10.1 Å². The van der Waals surface area contributed by atoms with Crippen molar-refractivity contribution in [1.29, 1.82) is 0 Å². The standard InChI is InChI=1S/C12H14BrF2NO/c1-8(13)7-16-9(2)10-4-3-5-11(6-10)17-12(14)15/h3-6,9,12,16H,1,7H2,2H3. The Balaban J connectivity index is 2.66. The van der Waals surface area contributed by atoms with Crippen molar-refractivity contribution in [2.45, 2.75) is 19.6 Å². The molecule has 0 heterocycles. The van der Waals surface area contributed by atoms with E-state index in [4.69, 9.17) is 0 Å². The average Bonchev–Trinajstić information content (AvgIpc) is 2.25. The van der Waals surface area contributed by atoms with Gasteiger partial charge in [0.05, 0.1) is 0 Å². The van der Waals surface area contributed by atoms with Crippen molar-refractivity contribution in [2.75, 3.05) is 6.54 Å². The molecule has 1 aromatic carbocycles. The van der Waals surface area contributed by atoms with Crippen molar-refractivity contribution in [3.8, 4) is 5.75 Å². The highest BCUT2D eigenvalue weighted by Crippen LogP contribution is 2.20. The van der Waals surface area contributed by atoms with Gasteiger partial charge in [0, 0.05) is 17.1 Å². The maximum absolute atomic E-state index is 12.1. The number of ether oxygens (including phenoxy) is 1. The summed E-state index contributed by atoms with van der Waals surface area (Å²) in [6.45, 7) is 3.47. The number of rotatable bonds is 6. The molecule has 1 aromatic rings. The Labute approximate surface area is 108 Å². The lowest BCUT2D eigenvalue weighted by Crippen LogP contribution is -2.19. The molecule has 0 radical (unpaired) electrons. The molecule has 1 atom stereocenters. The van der Waals surface area contributed by atoms with E-state index in [0.29, 0.717) is 6.54 Å². The fourth-order valence-corrected chi connectivity index (χ4v) is 1.50. The highest BCUT2D eigenvalue weighted by atomic mass is 79.9. The SMILES string of the molecule is C=C(Br)CNC(C)c1cccc(OC(F)F)c1. The summed E-state index contributed by atoms with van der Waals surface area (Å²) in [5.74, 6) is 0.170. The van der Waals surface area contributed by atoms with Crippen LogP contribution >= 0.6 is 15.9 Å². The third-order valence-corrected chi connectivity index (χ3v) is 2.46. The molecule has 94 valence electrons. The summed E-state index contributed by atoms with van der Waals surface area (Å²) in [6.07, 6.45) is 0. The van der Waals surface area contributed by atoms with Crippen molar-refractivity contribution >= 4 is 15.9 Å². The molecular weight excluding hydrogens is 292 g/mol. The molecule has 0 saturated carbocycles. The number of hydrogen-bond donors (Lipinski definition) is 1. The highest BCUT2D eigenvalue weighted by molar-refractivity contribution is 9.11. The van der Waals surface area contributed by atoms with Crippen molar-refractivity contribution < 1.29 is 13.5 Å². The summed E-state index contributed by atoms with van der Waals surface area (Å²) in [5, 5.41) is 3.19. The Morgan fingerprint density at radius 2 is 2.24 bits per heavy atom. The monoisotopic (exact) mass is 305 g/mol. The van der Waals surface area contributed by atoms with Crippen LogP contribution in [0.25, 0.3) is 0 Å². The smallest absolute Gasteiger partial charge is 0.387 e. The van der Waals surface area contributed by atoms with E-state index in [1.165, 1.54) is 6.07 Å². The van der Waals surface area contributed by atoms with Crippen molar-refractivity contribution in [3.05, 3.63) is 40.9 Å². The number of alkyl halides is 2. The van der Waals surface area contributed by atoms with E-state index in [2.05, 4.69) is 32.6 Å². The molecule has 0 aliphatic carbocycles. The Hall–Kier alpha value is -0.940. The Bertz CT molecular complexity index is 385. The molecule has 0 aliphatic heterocycles. The third-order valence-electron chi connectivity index (χ3n) is 2.18. The van der Waals surface area contributed by atoms with Gasteiger partial charge in [0.1, 0.15) is 5.75 Å². The molecule has 1 rings (SSSR count).